The number of carbonyl (C=O) groups excluding carboxylic acids is 2. The quantitative estimate of drug-likeness (QED) is 0.0212. The molecule has 10 heteroatoms. The third-order valence-electron chi connectivity index (χ3n) is 12.3. The van der Waals surface area contributed by atoms with Crippen molar-refractivity contribution in [1.29, 1.82) is 0 Å². The van der Waals surface area contributed by atoms with Crippen LogP contribution in [0.15, 0.2) is 85.1 Å². The average molecular weight is 1010 g/mol. The van der Waals surface area contributed by atoms with E-state index in [1.165, 1.54) is 116 Å². The summed E-state index contributed by atoms with van der Waals surface area (Å²) in [5.41, 5.74) is 0. The minimum Gasteiger partial charge on any atom is -0.756 e. The average Bonchev–Trinajstić information content (AvgIpc) is 3.33. The number of allylic oxidation sites excluding steroid dienone is 13. The Balaban J connectivity index is 5.42. The second-order valence-electron chi connectivity index (χ2n) is 20.4. The first-order chi connectivity index (χ1) is 34.4. The maximum absolute atomic E-state index is 13.5. The maximum Gasteiger partial charge on any atom is 0.306 e. The molecule has 0 saturated heterocycles. The molecule has 0 aromatic carbocycles. The molecule has 0 aromatic rings. The van der Waals surface area contributed by atoms with Gasteiger partial charge in [-0.15, -0.1) is 0 Å². The molecule has 1 N–H and O–H groups in total. The van der Waals surface area contributed by atoms with E-state index in [0.29, 0.717) is 23.9 Å². The van der Waals surface area contributed by atoms with Crippen LogP contribution in [0.1, 0.15) is 239 Å². The number of rotatable bonds is 51. The van der Waals surface area contributed by atoms with Crippen LogP contribution in [0.4, 0.5) is 0 Å². The number of ether oxygens (including phenoxy) is 1. The number of carbonyl (C=O) groups is 2. The van der Waals surface area contributed by atoms with Gasteiger partial charge in [0.15, 0.2) is 0 Å². The maximum atomic E-state index is 13.5. The highest BCUT2D eigenvalue weighted by atomic mass is 31.2. The molecule has 410 valence electrons. The Morgan fingerprint density at radius 2 is 0.873 bits per heavy atom. The summed E-state index contributed by atoms with van der Waals surface area (Å²) >= 11 is 0. The molecule has 0 aliphatic carbocycles. The lowest BCUT2D eigenvalue weighted by atomic mass is 10.1. The van der Waals surface area contributed by atoms with Crippen molar-refractivity contribution < 1.29 is 37.3 Å². The summed E-state index contributed by atoms with van der Waals surface area (Å²) in [5.74, 6) is -0.620. The van der Waals surface area contributed by atoms with Gasteiger partial charge < -0.3 is 28.5 Å². The predicted octanol–water partition coefficient (Wildman–Crippen LogP) is 16.8. The lowest BCUT2D eigenvalue weighted by molar-refractivity contribution is -0.870. The molecule has 0 radical (unpaired) electrons. The van der Waals surface area contributed by atoms with Crippen molar-refractivity contribution in [3.8, 4) is 0 Å². The van der Waals surface area contributed by atoms with E-state index >= 15 is 0 Å². The number of quaternary nitrogens is 1. The smallest absolute Gasteiger partial charge is 0.306 e. The van der Waals surface area contributed by atoms with E-state index in [4.69, 9.17) is 13.8 Å². The molecular formula is C61H109N2O7P. The van der Waals surface area contributed by atoms with Gasteiger partial charge in [0.1, 0.15) is 19.3 Å². The zero-order valence-corrected chi connectivity index (χ0v) is 47.5. The van der Waals surface area contributed by atoms with Crippen molar-refractivity contribution in [2.45, 2.75) is 251 Å². The highest BCUT2D eigenvalue weighted by molar-refractivity contribution is 7.45. The van der Waals surface area contributed by atoms with Crippen molar-refractivity contribution in [2.75, 3.05) is 40.9 Å². The first kappa shape index (κ1) is 68.2. The molecule has 9 nitrogen and oxygen atoms in total. The van der Waals surface area contributed by atoms with Gasteiger partial charge in [-0.1, -0.05) is 209 Å². The number of hydrogen-bond acceptors (Lipinski definition) is 7. The van der Waals surface area contributed by atoms with E-state index in [2.05, 4.69) is 99.0 Å². The normalized spacial score (nSPS) is 14.4. The fourth-order valence-corrected chi connectivity index (χ4v) is 8.50. The summed E-state index contributed by atoms with van der Waals surface area (Å²) in [4.78, 5) is 39.8. The number of unbranched alkanes of at least 4 members (excludes halogenated alkanes) is 23. The molecule has 3 atom stereocenters. The van der Waals surface area contributed by atoms with Gasteiger partial charge in [0, 0.05) is 12.8 Å². The largest absolute Gasteiger partial charge is 0.756 e. The van der Waals surface area contributed by atoms with Gasteiger partial charge >= 0.3 is 5.97 Å². The van der Waals surface area contributed by atoms with Crippen LogP contribution in [-0.2, 0) is 27.9 Å². The van der Waals surface area contributed by atoms with Gasteiger partial charge in [0.25, 0.3) is 7.82 Å². The number of phosphoric ester groups is 1. The van der Waals surface area contributed by atoms with Crippen molar-refractivity contribution in [2.24, 2.45) is 0 Å². The summed E-state index contributed by atoms with van der Waals surface area (Å²) in [6.07, 6.45) is 65.5. The Morgan fingerprint density at radius 1 is 0.493 bits per heavy atom. The second kappa shape index (κ2) is 50.7. The van der Waals surface area contributed by atoms with E-state index in [0.717, 1.165) is 83.5 Å². The molecule has 0 rings (SSSR count). The summed E-state index contributed by atoms with van der Waals surface area (Å²) in [6.45, 7) is 6.73. The first-order valence-corrected chi connectivity index (χ1v) is 30.4. The minimum absolute atomic E-state index is 0.0357. The Morgan fingerprint density at radius 3 is 1.34 bits per heavy atom. The summed E-state index contributed by atoms with van der Waals surface area (Å²) < 4.78 is 30.2. The number of hydrogen-bond donors (Lipinski definition) is 1. The van der Waals surface area contributed by atoms with Crippen LogP contribution in [-0.4, -0.2) is 69.4 Å². The van der Waals surface area contributed by atoms with E-state index in [-0.39, 0.29) is 18.9 Å². The molecule has 71 heavy (non-hydrogen) atoms. The molecule has 0 saturated carbocycles. The van der Waals surface area contributed by atoms with Crippen LogP contribution in [0.2, 0.25) is 0 Å². The van der Waals surface area contributed by atoms with Crippen LogP contribution in [0.25, 0.3) is 0 Å². The summed E-state index contributed by atoms with van der Waals surface area (Å²) in [6, 6.07) is -0.917. The van der Waals surface area contributed by atoms with Crippen LogP contribution < -0.4 is 10.2 Å². The van der Waals surface area contributed by atoms with E-state index < -0.39 is 32.5 Å². The van der Waals surface area contributed by atoms with Crippen LogP contribution >= 0.6 is 7.82 Å². The number of amides is 1. The van der Waals surface area contributed by atoms with E-state index in [9.17, 15) is 19.0 Å². The van der Waals surface area contributed by atoms with Crippen molar-refractivity contribution in [3.63, 3.8) is 0 Å². The molecule has 0 spiro atoms. The molecule has 0 bridgehead atoms. The zero-order valence-electron chi connectivity index (χ0n) is 46.7. The van der Waals surface area contributed by atoms with Crippen molar-refractivity contribution in [3.05, 3.63) is 85.1 Å². The second-order valence-corrected chi connectivity index (χ2v) is 21.8. The zero-order chi connectivity index (χ0) is 52.2. The Kier molecular flexibility index (Phi) is 48.7. The van der Waals surface area contributed by atoms with E-state index in [1.807, 2.05) is 27.2 Å². The van der Waals surface area contributed by atoms with Crippen LogP contribution in [0.5, 0.6) is 0 Å². The number of esters is 1. The highest BCUT2D eigenvalue weighted by Crippen LogP contribution is 2.38. The van der Waals surface area contributed by atoms with Gasteiger partial charge in [-0.3, -0.25) is 14.2 Å². The number of phosphoric acid groups is 1. The van der Waals surface area contributed by atoms with E-state index in [1.54, 1.807) is 6.08 Å². The molecule has 3 unspecified atom stereocenters. The molecule has 0 heterocycles. The van der Waals surface area contributed by atoms with Crippen LogP contribution in [0.3, 0.4) is 0 Å². The fraction of sp³-hybridized carbons (Fsp3) is 0.738. The molecule has 0 aliphatic rings. The molecule has 0 fully saturated rings. The predicted molar refractivity (Wildman–Crippen MR) is 302 cm³/mol. The SMILES string of the molecule is CCCCC/C=C\C/C=C\C/C=C\C/C=C\CCCC(=O)OC(/C=C/CCCCCCCCCCC)C(COP(=O)([O-])OCC[N+](C)(C)C)NC(=O)CCCCCCCCC/C=C\C/C=C\CCCCC. The molecule has 1 amide bonds. The standard InChI is InChI=1S/C61H109N2O7P/c1-7-10-13-16-19-22-25-27-29-31-33-35-38-41-44-47-50-53-60(64)62-58(57-69-71(66,67)68-56-55-63(4,5)6)59(52-49-46-43-40-37-24-21-18-15-12-9-3)70-61(65)54-51-48-45-42-39-36-34-32-30-28-26-23-20-17-14-11-8-2/h19-20,22-23,27-30,34,36,42,45,49,52,58-59H,7-18,21,24-26,31-33,35,37-41,43-44,46-48,50-51,53-57H2,1-6H3,(H-,62,64,66,67)/b22-19-,23-20-,29-27-,30-28-,36-34-,45-42-,52-49+. The lowest BCUT2D eigenvalue weighted by Gasteiger charge is -2.30. The Labute approximate surface area is 437 Å². The summed E-state index contributed by atoms with van der Waals surface area (Å²) in [5, 5.41) is 3.00. The minimum atomic E-state index is -4.71. The number of likely N-dealkylation sites (N-methyl/N-ethyl adjacent to an activating group) is 1. The monoisotopic (exact) mass is 1010 g/mol. The third kappa shape index (κ3) is 51.9. The third-order valence-corrected chi connectivity index (χ3v) is 13.3. The Bertz CT molecular complexity index is 1490. The molecule has 0 aromatic heterocycles. The van der Waals surface area contributed by atoms with Crippen molar-refractivity contribution in [1.82, 2.24) is 5.32 Å². The van der Waals surface area contributed by atoms with Gasteiger partial charge in [0.05, 0.1) is 33.8 Å². The van der Waals surface area contributed by atoms with Gasteiger partial charge in [-0.25, -0.2) is 0 Å². The van der Waals surface area contributed by atoms with Gasteiger partial charge in [-0.2, -0.15) is 0 Å². The van der Waals surface area contributed by atoms with Gasteiger partial charge in [0.2, 0.25) is 5.91 Å². The fourth-order valence-electron chi connectivity index (χ4n) is 7.78. The van der Waals surface area contributed by atoms with Crippen LogP contribution in [0, 0.1) is 0 Å². The lowest BCUT2D eigenvalue weighted by Crippen LogP contribution is -2.47. The summed E-state index contributed by atoms with van der Waals surface area (Å²) in [7, 11) is 1.14. The molecular weight excluding hydrogens is 904 g/mol. The first-order valence-electron chi connectivity index (χ1n) is 28.9. The molecule has 0 aliphatic heterocycles. The van der Waals surface area contributed by atoms with Gasteiger partial charge in [-0.05, 0) is 102 Å². The topological polar surface area (TPSA) is 114 Å². The number of nitrogens with one attached hydrogen (secondary N) is 1. The highest BCUT2D eigenvalue weighted by Gasteiger charge is 2.27. The Hall–Kier alpha value is -2.81. The number of nitrogens with zero attached hydrogens (tertiary/aromatic N) is 1. The van der Waals surface area contributed by atoms with Crippen molar-refractivity contribution >= 4 is 19.7 Å².